The molecule has 1 saturated heterocycles. The van der Waals surface area contributed by atoms with Gasteiger partial charge in [0.2, 0.25) is 0 Å². The Morgan fingerprint density at radius 3 is 2.84 bits per heavy atom. The van der Waals surface area contributed by atoms with E-state index >= 15 is 0 Å². The van der Waals surface area contributed by atoms with Gasteiger partial charge in [0.15, 0.2) is 0 Å². The molecule has 1 aromatic rings. The first-order valence-electron chi connectivity index (χ1n) is 9.45. The zero-order valence-electron chi connectivity index (χ0n) is 14.4. The Balaban J connectivity index is 0.000000784. The molecule has 3 fully saturated rings. The first-order chi connectivity index (χ1) is 11.2. The van der Waals surface area contributed by atoms with Gasteiger partial charge in [-0.2, -0.15) is 0 Å². The third-order valence-corrected chi connectivity index (χ3v) is 7.57. The van der Waals surface area contributed by atoms with Crippen molar-refractivity contribution in [2.24, 2.45) is 11.8 Å². The molecule has 5 heteroatoms. The lowest BCUT2D eigenvalue weighted by atomic mass is 9.48. The number of benzene rings is 1. The van der Waals surface area contributed by atoms with Gasteiger partial charge < -0.3 is 15.2 Å². The van der Waals surface area contributed by atoms with E-state index in [0.717, 1.165) is 43.9 Å². The number of aliphatic hydroxyl groups is 1. The summed E-state index contributed by atoms with van der Waals surface area (Å²) in [6.45, 7) is 1.01. The van der Waals surface area contributed by atoms with Crippen LogP contribution in [0.4, 0.5) is 0 Å². The van der Waals surface area contributed by atoms with E-state index in [1.54, 1.807) is 0 Å². The monoisotopic (exact) mass is 383 g/mol. The molecule has 1 aromatic carbocycles. The van der Waals surface area contributed by atoms with Gasteiger partial charge in [-0.05, 0) is 62.1 Å². The van der Waals surface area contributed by atoms with Crippen molar-refractivity contribution in [1.29, 1.82) is 0 Å². The summed E-state index contributed by atoms with van der Waals surface area (Å²) < 4.78 is 6.49. The highest BCUT2D eigenvalue weighted by atomic mass is 35.5. The van der Waals surface area contributed by atoms with E-state index in [4.69, 9.17) is 4.74 Å². The summed E-state index contributed by atoms with van der Waals surface area (Å²) in [4.78, 5) is 0. The van der Waals surface area contributed by atoms with E-state index < -0.39 is 5.60 Å². The fourth-order valence-corrected chi connectivity index (χ4v) is 6.55. The number of piperidine rings is 1. The molecule has 1 spiro atoms. The third-order valence-electron chi connectivity index (χ3n) is 7.57. The fraction of sp³-hybridized carbons (Fsp3) is 0.700. The average molecular weight is 384 g/mol. The topological polar surface area (TPSA) is 41.5 Å². The number of nitrogens with one attached hydrogen (secondary N) is 1. The number of hydrogen-bond acceptors (Lipinski definition) is 3. The minimum Gasteiger partial charge on any atom is -0.489 e. The molecule has 0 radical (unpaired) electrons. The Hall–Kier alpha value is -0.480. The minimum absolute atomic E-state index is 0. The molecule has 25 heavy (non-hydrogen) atoms. The van der Waals surface area contributed by atoms with Gasteiger partial charge >= 0.3 is 0 Å². The van der Waals surface area contributed by atoms with E-state index in [-0.39, 0.29) is 42.4 Å². The zero-order valence-corrected chi connectivity index (χ0v) is 16.0. The van der Waals surface area contributed by atoms with Crippen LogP contribution in [0.3, 0.4) is 0 Å². The maximum Gasteiger partial charge on any atom is 0.124 e. The molecule has 2 N–H and O–H groups in total. The molecule has 2 saturated carbocycles. The molecule has 0 amide bonds. The molecule has 2 heterocycles. The molecule has 5 aliphatic rings. The summed E-state index contributed by atoms with van der Waals surface area (Å²) in [5.41, 5.74) is 2.02. The van der Waals surface area contributed by atoms with Crippen LogP contribution >= 0.6 is 24.8 Å². The highest BCUT2D eigenvalue weighted by Crippen LogP contribution is 2.64. The largest absolute Gasteiger partial charge is 0.489 e. The Labute approximate surface area is 161 Å². The van der Waals surface area contributed by atoms with Gasteiger partial charge in [-0.25, -0.2) is 0 Å². The van der Waals surface area contributed by atoms with Crippen LogP contribution in [0.2, 0.25) is 0 Å². The van der Waals surface area contributed by atoms with Gasteiger partial charge in [-0.1, -0.05) is 25.0 Å². The van der Waals surface area contributed by atoms with Crippen molar-refractivity contribution in [3.8, 4) is 5.75 Å². The average Bonchev–Trinajstić information content (AvgIpc) is 3.24. The molecule has 6 rings (SSSR count). The molecular formula is C20H27Cl2NO2. The predicted molar refractivity (Wildman–Crippen MR) is 102 cm³/mol. The van der Waals surface area contributed by atoms with Crippen LogP contribution in [-0.4, -0.2) is 29.4 Å². The normalized spacial score (nSPS) is 42.5. The summed E-state index contributed by atoms with van der Waals surface area (Å²) in [6.07, 6.45) is 8.36. The standard InChI is InChI=1S/C20H25NO2.2ClH/c22-20-11-13(8-12-4-5-12)9-17-19(20)6-7-21-16(20)10-14-2-1-3-15(23-17)18(14)19;;/h1-3,12-13,16-17,21-22H,4-11H2;2*1H/t13?,16-,17+,19-,20-;;/m1../s1. The van der Waals surface area contributed by atoms with Crippen molar-refractivity contribution in [2.45, 2.75) is 68.1 Å². The molecule has 1 unspecified atom stereocenters. The number of ether oxygens (including phenoxy) is 1. The summed E-state index contributed by atoms with van der Waals surface area (Å²) in [6, 6.07) is 6.71. The second kappa shape index (κ2) is 5.76. The first kappa shape index (κ1) is 17.9. The van der Waals surface area contributed by atoms with Crippen molar-refractivity contribution < 1.29 is 9.84 Å². The molecule has 2 aliphatic heterocycles. The SMILES string of the molecule is Cl.Cl.O[C@@]12CC(CC3CC3)C[C@@H]3Oc4cccc5c4[C@@]31CCN[C@@H]2C5. The molecule has 5 atom stereocenters. The van der Waals surface area contributed by atoms with Crippen LogP contribution in [0, 0.1) is 11.8 Å². The summed E-state index contributed by atoms with van der Waals surface area (Å²) in [5, 5.41) is 15.6. The maximum absolute atomic E-state index is 12.0. The first-order valence-corrected chi connectivity index (χ1v) is 9.45. The fourth-order valence-electron chi connectivity index (χ4n) is 6.55. The predicted octanol–water partition coefficient (Wildman–Crippen LogP) is 3.39. The highest BCUT2D eigenvalue weighted by molar-refractivity contribution is 5.85. The van der Waals surface area contributed by atoms with Crippen molar-refractivity contribution >= 4 is 24.8 Å². The number of rotatable bonds is 2. The van der Waals surface area contributed by atoms with Crippen LogP contribution in [0.15, 0.2) is 18.2 Å². The van der Waals surface area contributed by atoms with Crippen LogP contribution in [-0.2, 0) is 11.8 Å². The maximum atomic E-state index is 12.0. The van der Waals surface area contributed by atoms with Crippen LogP contribution < -0.4 is 10.1 Å². The van der Waals surface area contributed by atoms with E-state index in [0.29, 0.717) is 5.92 Å². The number of halogens is 2. The Morgan fingerprint density at radius 2 is 2.04 bits per heavy atom. The molecular weight excluding hydrogens is 357 g/mol. The Kier molecular flexibility index (Phi) is 4.12. The second-order valence-corrected chi connectivity index (χ2v) is 8.74. The van der Waals surface area contributed by atoms with Crippen molar-refractivity contribution in [2.75, 3.05) is 6.54 Å². The molecule has 3 aliphatic carbocycles. The lowest BCUT2D eigenvalue weighted by molar-refractivity contribution is -0.164. The Bertz CT molecular complexity index is 694. The number of hydrogen-bond donors (Lipinski definition) is 2. The van der Waals surface area contributed by atoms with Crippen LogP contribution in [0.25, 0.3) is 0 Å². The highest BCUT2D eigenvalue weighted by Gasteiger charge is 2.70. The third kappa shape index (κ3) is 2.13. The van der Waals surface area contributed by atoms with E-state index in [2.05, 4.69) is 23.5 Å². The van der Waals surface area contributed by atoms with Gasteiger partial charge in [0.25, 0.3) is 0 Å². The lowest BCUT2D eigenvalue weighted by Crippen LogP contribution is -2.75. The van der Waals surface area contributed by atoms with Crippen molar-refractivity contribution in [1.82, 2.24) is 5.32 Å². The van der Waals surface area contributed by atoms with Crippen LogP contribution in [0.1, 0.15) is 49.7 Å². The summed E-state index contributed by atoms with van der Waals surface area (Å²) in [7, 11) is 0. The smallest absolute Gasteiger partial charge is 0.124 e. The summed E-state index contributed by atoms with van der Waals surface area (Å²) in [5.74, 6) is 2.62. The molecule has 138 valence electrons. The molecule has 0 aromatic heterocycles. The van der Waals surface area contributed by atoms with Gasteiger partial charge in [0.05, 0.1) is 11.0 Å². The van der Waals surface area contributed by atoms with E-state index in [1.165, 1.54) is 30.4 Å². The molecule has 3 nitrogen and oxygen atoms in total. The van der Waals surface area contributed by atoms with Crippen molar-refractivity contribution in [3.63, 3.8) is 0 Å². The van der Waals surface area contributed by atoms with E-state index in [1.807, 2.05) is 0 Å². The quantitative estimate of drug-likeness (QED) is 0.822. The minimum atomic E-state index is -0.618. The van der Waals surface area contributed by atoms with Gasteiger partial charge in [-0.3, -0.25) is 0 Å². The Morgan fingerprint density at radius 1 is 1.20 bits per heavy atom. The van der Waals surface area contributed by atoms with Crippen molar-refractivity contribution in [3.05, 3.63) is 29.3 Å². The summed E-state index contributed by atoms with van der Waals surface area (Å²) >= 11 is 0. The van der Waals surface area contributed by atoms with Gasteiger partial charge in [0.1, 0.15) is 11.9 Å². The second-order valence-electron chi connectivity index (χ2n) is 8.74. The van der Waals surface area contributed by atoms with E-state index in [9.17, 15) is 5.11 Å². The van der Waals surface area contributed by atoms with Crippen LogP contribution in [0.5, 0.6) is 5.75 Å². The van der Waals surface area contributed by atoms with Gasteiger partial charge in [-0.15, -0.1) is 24.8 Å². The lowest BCUT2D eigenvalue weighted by Gasteiger charge is -2.61. The zero-order chi connectivity index (χ0) is 15.2. The molecule has 2 bridgehead atoms. The van der Waals surface area contributed by atoms with Gasteiger partial charge in [0, 0.05) is 11.6 Å².